The number of hydrogen-bond acceptors (Lipinski definition) is 4. The first-order valence-electron chi connectivity index (χ1n) is 10.7. The third kappa shape index (κ3) is 5.45. The molecule has 0 spiro atoms. The lowest BCUT2D eigenvalue weighted by atomic mass is 9.95. The fraction of sp³-hybridized carbons (Fsp3) is 0.231. The van der Waals surface area contributed by atoms with Crippen LogP contribution in [0.1, 0.15) is 28.8 Å². The first-order valence-corrected chi connectivity index (χ1v) is 11.6. The molecule has 4 rings (SSSR count). The zero-order chi connectivity index (χ0) is 22.3. The molecule has 1 fully saturated rings. The van der Waals surface area contributed by atoms with Crippen molar-refractivity contribution in [2.24, 2.45) is 11.7 Å². The number of amides is 2. The monoisotopic (exact) mass is 446 g/mol. The van der Waals surface area contributed by atoms with E-state index in [1.54, 1.807) is 0 Å². The SMILES string of the molecule is NC(=O)C1CCN(C(=O)/C(=C\c2cccc(OCc3ccccc3)c2)c2cccs2)CC1. The largest absolute Gasteiger partial charge is 0.489 e. The van der Waals surface area contributed by atoms with Crippen molar-refractivity contribution in [1.82, 2.24) is 4.90 Å². The number of thiophene rings is 1. The summed E-state index contributed by atoms with van der Waals surface area (Å²) in [6, 6.07) is 21.7. The maximum atomic E-state index is 13.4. The molecule has 5 nitrogen and oxygen atoms in total. The van der Waals surface area contributed by atoms with Gasteiger partial charge in [0.05, 0.1) is 5.57 Å². The Kier molecular flexibility index (Phi) is 7.02. The number of likely N-dealkylation sites (tertiary alicyclic amines) is 1. The second-order valence-electron chi connectivity index (χ2n) is 7.85. The van der Waals surface area contributed by atoms with Gasteiger partial charge in [0.25, 0.3) is 5.91 Å². The summed E-state index contributed by atoms with van der Waals surface area (Å²) < 4.78 is 5.95. The van der Waals surface area contributed by atoms with Crippen LogP contribution in [-0.2, 0) is 16.2 Å². The molecule has 2 N–H and O–H groups in total. The summed E-state index contributed by atoms with van der Waals surface area (Å²) in [7, 11) is 0. The van der Waals surface area contributed by atoms with Crippen molar-refractivity contribution in [3.63, 3.8) is 0 Å². The maximum absolute atomic E-state index is 13.4. The van der Waals surface area contributed by atoms with E-state index in [4.69, 9.17) is 10.5 Å². The van der Waals surface area contributed by atoms with Gasteiger partial charge in [0, 0.05) is 23.9 Å². The molecule has 2 heterocycles. The lowest BCUT2D eigenvalue weighted by Crippen LogP contribution is -2.42. The van der Waals surface area contributed by atoms with Crippen molar-refractivity contribution < 1.29 is 14.3 Å². The second-order valence-corrected chi connectivity index (χ2v) is 8.80. The van der Waals surface area contributed by atoms with Crippen LogP contribution in [0.4, 0.5) is 0 Å². The highest BCUT2D eigenvalue weighted by Gasteiger charge is 2.28. The number of hydrogen-bond donors (Lipinski definition) is 1. The summed E-state index contributed by atoms with van der Waals surface area (Å²) in [5, 5.41) is 1.97. The fourth-order valence-corrected chi connectivity index (χ4v) is 4.54. The van der Waals surface area contributed by atoms with Crippen LogP contribution in [0.5, 0.6) is 5.75 Å². The number of nitrogens with two attached hydrogens (primary N) is 1. The predicted octanol–water partition coefficient (Wildman–Crippen LogP) is 4.59. The van der Waals surface area contributed by atoms with Crippen molar-refractivity contribution in [2.75, 3.05) is 13.1 Å². The number of benzene rings is 2. The molecule has 0 radical (unpaired) electrons. The zero-order valence-corrected chi connectivity index (χ0v) is 18.6. The number of primary amides is 1. The normalized spacial score (nSPS) is 14.9. The van der Waals surface area contributed by atoms with Gasteiger partial charge in [-0.1, -0.05) is 48.5 Å². The number of piperidine rings is 1. The van der Waals surface area contributed by atoms with Crippen molar-refractivity contribution >= 4 is 34.8 Å². The molecule has 1 saturated heterocycles. The third-order valence-corrected chi connectivity index (χ3v) is 6.52. The highest BCUT2D eigenvalue weighted by molar-refractivity contribution is 7.11. The molecule has 0 bridgehead atoms. The molecule has 0 aliphatic carbocycles. The van der Waals surface area contributed by atoms with Crippen molar-refractivity contribution in [2.45, 2.75) is 19.4 Å². The minimum atomic E-state index is -0.279. The second kappa shape index (κ2) is 10.3. The van der Waals surface area contributed by atoms with Crippen molar-refractivity contribution in [3.05, 3.63) is 88.1 Å². The fourth-order valence-electron chi connectivity index (χ4n) is 3.81. The molecule has 32 heavy (non-hydrogen) atoms. The Morgan fingerprint density at radius 2 is 1.81 bits per heavy atom. The minimum Gasteiger partial charge on any atom is -0.489 e. The van der Waals surface area contributed by atoms with Gasteiger partial charge in [-0.15, -0.1) is 11.3 Å². The van der Waals surface area contributed by atoms with Crippen LogP contribution in [0, 0.1) is 5.92 Å². The van der Waals surface area contributed by atoms with Crippen LogP contribution in [0.2, 0.25) is 0 Å². The van der Waals surface area contributed by atoms with Gasteiger partial charge < -0.3 is 15.4 Å². The molecule has 1 aliphatic rings. The lowest BCUT2D eigenvalue weighted by Gasteiger charge is -2.31. The minimum absolute atomic E-state index is 0.0222. The van der Waals surface area contributed by atoms with Crippen LogP contribution in [-0.4, -0.2) is 29.8 Å². The first-order chi connectivity index (χ1) is 15.6. The molecule has 1 aromatic heterocycles. The molecule has 0 saturated carbocycles. The van der Waals surface area contributed by atoms with E-state index < -0.39 is 0 Å². The Hall–Kier alpha value is -3.38. The van der Waals surface area contributed by atoms with Gasteiger partial charge in [-0.3, -0.25) is 9.59 Å². The van der Waals surface area contributed by atoms with Crippen molar-refractivity contribution in [1.29, 1.82) is 0 Å². The molecule has 164 valence electrons. The molecular weight excluding hydrogens is 420 g/mol. The summed E-state index contributed by atoms with van der Waals surface area (Å²) in [5.41, 5.74) is 8.09. The summed E-state index contributed by atoms with van der Waals surface area (Å²) >= 11 is 1.54. The van der Waals surface area contributed by atoms with Crippen LogP contribution in [0.3, 0.4) is 0 Å². The summed E-state index contributed by atoms with van der Waals surface area (Å²) in [5.74, 6) is 0.305. The molecule has 3 aromatic rings. The van der Waals surface area contributed by atoms with Gasteiger partial charge in [0.2, 0.25) is 5.91 Å². The average Bonchev–Trinajstić information content (AvgIpc) is 3.36. The van der Waals surface area contributed by atoms with E-state index in [0.717, 1.165) is 21.8 Å². The number of rotatable bonds is 7. The highest BCUT2D eigenvalue weighted by atomic mass is 32.1. The zero-order valence-electron chi connectivity index (χ0n) is 17.8. The average molecular weight is 447 g/mol. The van der Waals surface area contributed by atoms with E-state index in [0.29, 0.717) is 38.1 Å². The van der Waals surface area contributed by atoms with E-state index >= 15 is 0 Å². The standard InChI is InChI=1S/C26H26N2O3S/c27-25(29)21-11-13-28(14-12-21)26(30)23(24-10-5-15-32-24)17-20-8-4-9-22(16-20)31-18-19-6-2-1-3-7-19/h1-10,15-17,21H,11-14,18H2,(H2,27,29)/b23-17-. The molecule has 1 aliphatic heterocycles. The van der Waals surface area contributed by atoms with Gasteiger partial charge in [0.1, 0.15) is 12.4 Å². The van der Waals surface area contributed by atoms with Crippen LogP contribution < -0.4 is 10.5 Å². The Bertz CT molecular complexity index is 1090. The Labute approximate surface area is 192 Å². The number of nitrogens with zero attached hydrogens (tertiary/aromatic N) is 1. The summed E-state index contributed by atoms with van der Waals surface area (Å²) in [4.78, 5) is 27.6. The molecule has 6 heteroatoms. The number of ether oxygens (including phenoxy) is 1. The Balaban J connectivity index is 1.53. The van der Waals surface area contributed by atoms with Gasteiger partial charge in [-0.2, -0.15) is 0 Å². The van der Waals surface area contributed by atoms with Gasteiger partial charge in [-0.25, -0.2) is 0 Å². The topological polar surface area (TPSA) is 72.6 Å². The molecule has 2 aromatic carbocycles. The lowest BCUT2D eigenvalue weighted by molar-refractivity contribution is -0.130. The van der Waals surface area contributed by atoms with Gasteiger partial charge in [-0.05, 0) is 53.6 Å². The van der Waals surface area contributed by atoms with Gasteiger partial charge in [0.15, 0.2) is 0 Å². The Morgan fingerprint density at radius 1 is 1.03 bits per heavy atom. The Morgan fingerprint density at radius 3 is 2.50 bits per heavy atom. The molecular formula is C26H26N2O3S. The predicted molar refractivity (Wildman–Crippen MR) is 128 cm³/mol. The molecule has 2 amide bonds. The van der Waals surface area contributed by atoms with E-state index in [1.165, 1.54) is 11.3 Å². The van der Waals surface area contributed by atoms with Crippen LogP contribution in [0.15, 0.2) is 72.1 Å². The maximum Gasteiger partial charge on any atom is 0.255 e. The number of carbonyl (C=O) groups is 2. The van der Waals surface area contributed by atoms with E-state index in [-0.39, 0.29) is 17.7 Å². The first kappa shape index (κ1) is 21.8. The molecule has 0 unspecified atom stereocenters. The quantitative estimate of drug-likeness (QED) is 0.540. The van der Waals surface area contributed by atoms with E-state index in [2.05, 4.69) is 0 Å². The van der Waals surface area contributed by atoms with E-state index in [1.807, 2.05) is 83.1 Å². The smallest absolute Gasteiger partial charge is 0.255 e. The van der Waals surface area contributed by atoms with Gasteiger partial charge >= 0.3 is 0 Å². The summed E-state index contributed by atoms with van der Waals surface area (Å²) in [6.45, 7) is 1.56. The van der Waals surface area contributed by atoms with Crippen molar-refractivity contribution in [3.8, 4) is 5.75 Å². The molecule has 0 atom stereocenters. The van der Waals surface area contributed by atoms with Crippen LogP contribution in [0.25, 0.3) is 11.6 Å². The van der Waals surface area contributed by atoms with Crippen LogP contribution >= 0.6 is 11.3 Å². The third-order valence-electron chi connectivity index (χ3n) is 5.62. The highest BCUT2D eigenvalue weighted by Crippen LogP contribution is 2.28. The van der Waals surface area contributed by atoms with E-state index in [9.17, 15) is 9.59 Å². The number of carbonyl (C=O) groups excluding carboxylic acids is 2. The summed E-state index contributed by atoms with van der Waals surface area (Å²) in [6.07, 6.45) is 3.15.